The van der Waals surface area contributed by atoms with Crippen LogP contribution in [0.1, 0.15) is 23.2 Å². The normalized spacial score (nSPS) is 19.6. The third kappa shape index (κ3) is 3.60. The number of likely N-dealkylation sites (tertiary alicyclic amines) is 1. The third-order valence-electron chi connectivity index (χ3n) is 2.82. The van der Waals surface area contributed by atoms with E-state index in [4.69, 9.17) is 17.3 Å². The molecule has 0 bridgehead atoms. The van der Waals surface area contributed by atoms with Crippen molar-refractivity contribution in [3.05, 3.63) is 34.9 Å². The Morgan fingerprint density at radius 3 is 2.88 bits per heavy atom. The quantitative estimate of drug-likeness (QED) is 0.855. The Morgan fingerprint density at radius 2 is 2.24 bits per heavy atom. The van der Waals surface area contributed by atoms with Crippen molar-refractivity contribution in [2.24, 2.45) is 5.73 Å². The van der Waals surface area contributed by atoms with Gasteiger partial charge in [-0.3, -0.25) is 4.79 Å². The average Bonchev–Trinajstić information content (AvgIpc) is 2.28. The summed E-state index contributed by atoms with van der Waals surface area (Å²) in [6.45, 7) is 1.43. The van der Waals surface area contributed by atoms with Crippen LogP contribution in [0.3, 0.4) is 0 Å². The van der Waals surface area contributed by atoms with Gasteiger partial charge in [0.15, 0.2) is 0 Å². The first-order valence-corrected chi connectivity index (χ1v) is 5.85. The lowest BCUT2D eigenvalue weighted by atomic mass is 10.1. The van der Waals surface area contributed by atoms with Gasteiger partial charge in [0.25, 0.3) is 5.91 Å². The smallest absolute Gasteiger partial charge is 0.253 e. The van der Waals surface area contributed by atoms with Crippen molar-refractivity contribution < 1.29 is 4.79 Å². The number of hydrogen-bond donors (Lipinski definition) is 1. The lowest BCUT2D eigenvalue weighted by Gasteiger charge is -2.30. The number of benzene rings is 1. The van der Waals surface area contributed by atoms with Crippen molar-refractivity contribution in [3.63, 3.8) is 0 Å². The molecule has 0 aromatic heterocycles. The van der Waals surface area contributed by atoms with Crippen molar-refractivity contribution in [2.45, 2.75) is 18.9 Å². The third-order valence-corrected chi connectivity index (χ3v) is 3.05. The van der Waals surface area contributed by atoms with Crippen LogP contribution < -0.4 is 5.73 Å². The van der Waals surface area contributed by atoms with Crippen molar-refractivity contribution in [1.82, 2.24) is 4.90 Å². The Labute approximate surface area is 112 Å². The maximum atomic E-state index is 12.1. The van der Waals surface area contributed by atoms with E-state index in [-0.39, 0.29) is 24.4 Å². The molecule has 1 aliphatic heterocycles. The highest BCUT2D eigenvalue weighted by atomic mass is 35.5. The summed E-state index contributed by atoms with van der Waals surface area (Å²) >= 11 is 5.86. The fourth-order valence-corrected chi connectivity index (χ4v) is 2.19. The molecule has 1 amide bonds. The van der Waals surface area contributed by atoms with E-state index in [1.807, 2.05) is 0 Å². The molecule has 17 heavy (non-hydrogen) atoms. The zero-order chi connectivity index (χ0) is 11.5. The van der Waals surface area contributed by atoms with E-state index in [9.17, 15) is 4.79 Å². The summed E-state index contributed by atoms with van der Waals surface area (Å²) in [5.41, 5.74) is 6.49. The fourth-order valence-electron chi connectivity index (χ4n) is 2.00. The van der Waals surface area contributed by atoms with Gasteiger partial charge in [0, 0.05) is 29.7 Å². The number of amides is 1. The molecule has 1 heterocycles. The van der Waals surface area contributed by atoms with Crippen LogP contribution in [0.25, 0.3) is 0 Å². The molecule has 1 unspecified atom stereocenters. The summed E-state index contributed by atoms with van der Waals surface area (Å²) in [4.78, 5) is 13.9. The molecule has 5 heteroatoms. The molecule has 3 nitrogen and oxygen atoms in total. The maximum Gasteiger partial charge on any atom is 0.253 e. The molecule has 2 rings (SSSR count). The van der Waals surface area contributed by atoms with Crippen LogP contribution in [0.15, 0.2) is 24.3 Å². The van der Waals surface area contributed by atoms with E-state index in [2.05, 4.69) is 0 Å². The zero-order valence-corrected chi connectivity index (χ0v) is 11.0. The minimum absolute atomic E-state index is 0. The second-order valence-corrected chi connectivity index (χ2v) is 4.60. The second kappa shape index (κ2) is 6.24. The van der Waals surface area contributed by atoms with Crippen LogP contribution in [0.2, 0.25) is 5.02 Å². The van der Waals surface area contributed by atoms with Crippen LogP contribution >= 0.6 is 24.0 Å². The molecule has 1 aliphatic rings. The first kappa shape index (κ1) is 14.3. The molecule has 0 radical (unpaired) electrons. The van der Waals surface area contributed by atoms with Crippen molar-refractivity contribution in [2.75, 3.05) is 13.1 Å². The molecule has 1 aromatic carbocycles. The predicted molar refractivity (Wildman–Crippen MR) is 71.8 cm³/mol. The molecular weight excluding hydrogens is 259 g/mol. The molecule has 94 valence electrons. The Balaban J connectivity index is 0.00000144. The van der Waals surface area contributed by atoms with Crippen LogP contribution in [0.4, 0.5) is 0 Å². The summed E-state index contributed by atoms with van der Waals surface area (Å²) in [5, 5.41) is 0.590. The standard InChI is InChI=1S/C12H15ClN2O.ClH/c13-10-4-1-3-9(7-10)12(16)15-6-2-5-11(14)8-15;/h1,3-4,7,11H,2,5-6,8,14H2;1H. The van der Waals surface area contributed by atoms with Gasteiger partial charge in [-0.2, -0.15) is 0 Å². The van der Waals surface area contributed by atoms with Crippen molar-refractivity contribution >= 4 is 29.9 Å². The van der Waals surface area contributed by atoms with Crippen molar-refractivity contribution in [3.8, 4) is 0 Å². The summed E-state index contributed by atoms with van der Waals surface area (Å²) in [7, 11) is 0. The van der Waals surface area contributed by atoms with Crippen LogP contribution in [-0.2, 0) is 0 Å². The molecule has 0 saturated carbocycles. The number of carbonyl (C=O) groups is 1. The summed E-state index contributed by atoms with van der Waals surface area (Å²) in [6, 6.07) is 7.15. The van der Waals surface area contributed by atoms with E-state index in [1.54, 1.807) is 29.2 Å². The van der Waals surface area contributed by atoms with E-state index in [0.29, 0.717) is 17.1 Å². The lowest BCUT2D eigenvalue weighted by Crippen LogP contribution is -2.45. The van der Waals surface area contributed by atoms with Gasteiger partial charge in [-0.1, -0.05) is 17.7 Å². The van der Waals surface area contributed by atoms with Gasteiger partial charge in [0.05, 0.1) is 0 Å². The summed E-state index contributed by atoms with van der Waals surface area (Å²) in [5.74, 6) is 0.0256. The average molecular weight is 275 g/mol. The number of carbonyl (C=O) groups excluding carboxylic acids is 1. The zero-order valence-electron chi connectivity index (χ0n) is 9.43. The Morgan fingerprint density at radius 1 is 1.47 bits per heavy atom. The molecular formula is C12H16Cl2N2O. The molecule has 0 aliphatic carbocycles. The van der Waals surface area contributed by atoms with E-state index in [0.717, 1.165) is 19.4 Å². The predicted octanol–water partition coefficient (Wildman–Crippen LogP) is 2.33. The lowest BCUT2D eigenvalue weighted by molar-refractivity contribution is 0.0709. The Bertz CT molecular complexity index is 398. The van der Waals surface area contributed by atoms with E-state index in [1.165, 1.54) is 0 Å². The number of nitrogens with two attached hydrogens (primary N) is 1. The largest absolute Gasteiger partial charge is 0.337 e. The van der Waals surface area contributed by atoms with Gasteiger partial charge >= 0.3 is 0 Å². The SMILES string of the molecule is Cl.NC1CCCN(C(=O)c2cccc(Cl)c2)C1. The van der Waals surface area contributed by atoms with Crippen LogP contribution in [0.5, 0.6) is 0 Å². The number of rotatable bonds is 1. The number of piperidine rings is 1. The monoisotopic (exact) mass is 274 g/mol. The molecule has 1 aromatic rings. The van der Waals surface area contributed by atoms with Gasteiger partial charge in [0.1, 0.15) is 0 Å². The Hall–Kier alpha value is -0.770. The van der Waals surface area contributed by atoms with Gasteiger partial charge in [-0.25, -0.2) is 0 Å². The molecule has 0 spiro atoms. The van der Waals surface area contributed by atoms with Gasteiger partial charge in [-0.05, 0) is 31.0 Å². The highest BCUT2D eigenvalue weighted by Gasteiger charge is 2.22. The minimum Gasteiger partial charge on any atom is -0.337 e. The topological polar surface area (TPSA) is 46.3 Å². The highest BCUT2D eigenvalue weighted by molar-refractivity contribution is 6.30. The van der Waals surface area contributed by atoms with Gasteiger partial charge < -0.3 is 10.6 Å². The van der Waals surface area contributed by atoms with Crippen molar-refractivity contribution in [1.29, 1.82) is 0 Å². The molecule has 2 N–H and O–H groups in total. The summed E-state index contributed by atoms with van der Waals surface area (Å²) < 4.78 is 0. The van der Waals surface area contributed by atoms with E-state index < -0.39 is 0 Å². The molecule has 1 fully saturated rings. The number of nitrogens with zero attached hydrogens (tertiary/aromatic N) is 1. The van der Waals surface area contributed by atoms with Gasteiger partial charge in [-0.15, -0.1) is 12.4 Å². The first-order valence-electron chi connectivity index (χ1n) is 5.47. The highest BCUT2D eigenvalue weighted by Crippen LogP contribution is 2.15. The minimum atomic E-state index is 0. The maximum absolute atomic E-state index is 12.1. The van der Waals surface area contributed by atoms with Crippen LogP contribution in [0, 0.1) is 0 Å². The second-order valence-electron chi connectivity index (χ2n) is 4.16. The molecule has 1 atom stereocenters. The fraction of sp³-hybridized carbons (Fsp3) is 0.417. The number of halogens is 2. The van der Waals surface area contributed by atoms with Crippen LogP contribution in [-0.4, -0.2) is 29.9 Å². The van der Waals surface area contributed by atoms with Gasteiger partial charge in [0.2, 0.25) is 0 Å². The Kier molecular flexibility index (Phi) is 5.25. The van der Waals surface area contributed by atoms with E-state index >= 15 is 0 Å². The number of hydrogen-bond acceptors (Lipinski definition) is 2. The summed E-state index contributed by atoms with van der Waals surface area (Å²) in [6.07, 6.45) is 1.98. The first-order chi connectivity index (χ1) is 7.66. The molecule has 1 saturated heterocycles.